The van der Waals surface area contributed by atoms with Crippen LogP contribution in [0.25, 0.3) is 0 Å². The largest absolute Gasteiger partial charge is 0.469 e. The molecule has 3 aliphatic carbocycles. The number of esters is 1. The zero-order chi connectivity index (χ0) is 26.3. The van der Waals surface area contributed by atoms with Crippen LogP contribution in [0.15, 0.2) is 35.2 Å². The average molecular weight is 521 g/mol. The van der Waals surface area contributed by atoms with Gasteiger partial charge in [0.1, 0.15) is 10.3 Å². The van der Waals surface area contributed by atoms with E-state index in [0.29, 0.717) is 19.3 Å². The molecule has 35 heavy (non-hydrogen) atoms. The SMILES string of the molecule is COC(=O)[C@@]1(C)C[C@H]2C[C@]3(C)CC[C@]3(O[Si](C)(C)C(C)(C)C)C(=O)[C@@]2(S(=O)(=O)c2ccccc2)C1. The van der Waals surface area contributed by atoms with E-state index in [2.05, 4.69) is 40.8 Å². The quantitative estimate of drug-likeness (QED) is 0.386. The molecule has 3 fully saturated rings. The van der Waals surface area contributed by atoms with Crippen LogP contribution >= 0.6 is 0 Å². The van der Waals surface area contributed by atoms with Crippen molar-refractivity contribution in [3.63, 3.8) is 0 Å². The molecule has 0 N–H and O–H groups in total. The molecule has 3 aliphatic rings. The molecule has 5 atom stereocenters. The molecule has 0 saturated heterocycles. The first-order valence-electron chi connectivity index (χ1n) is 12.6. The molecule has 0 bridgehead atoms. The molecule has 0 spiro atoms. The van der Waals surface area contributed by atoms with Crippen LogP contribution in [0.3, 0.4) is 0 Å². The molecule has 0 amide bonds. The highest BCUT2D eigenvalue weighted by molar-refractivity contribution is 7.93. The molecule has 0 radical (unpaired) electrons. The molecule has 4 rings (SSSR count). The zero-order valence-electron chi connectivity index (χ0n) is 22.4. The van der Waals surface area contributed by atoms with Crippen molar-refractivity contribution in [2.24, 2.45) is 16.7 Å². The van der Waals surface area contributed by atoms with Gasteiger partial charge in [0.25, 0.3) is 0 Å². The third kappa shape index (κ3) is 3.38. The summed E-state index contributed by atoms with van der Waals surface area (Å²) in [6.07, 6.45) is 2.09. The van der Waals surface area contributed by atoms with E-state index in [-0.39, 0.29) is 22.1 Å². The van der Waals surface area contributed by atoms with Crippen molar-refractivity contribution in [3.8, 4) is 0 Å². The summed E-state index contributed by atoms with van der Waals surface area (Å²) in [4.78, 5) is 28.0. The molecule has 0 aliphatic heterocycles. The standard InChI is InChI=1S/C27H40O6SSi/c1-23(2,3)35(7,8)33-27-15-14-25(27,5)17-19-16-24(4,22(29)32-6)18-26(19,21(27)28)34(30,31)20-12-10-9-11-13-20/h9-13,19H,14-18H2,1-8H3/t19-,24-,25-,26+,27-/m0/s1. The van der Waals surface area contributed by atoms with E-state index in [1.54, 1.807) is 37.3 Å². The Kier molecular flexibility index (Phi) is 5.87. The van der Waals surface area contributed by atoms with Crippen molar-refractivity contribution >= 4 is 29.9 Å². The normalized spacial score (nSPS) is 37.3. The monoisotopic (exact) mass is 520 g/mol. The van der Waals surface area contributed by atoms with Gasteiger partial charge in [-0.25, -0.2) is 8.42 Å². The molecule has 0 heterocycles. The van der Waals surface area contributed by atoms with E-state index in [9.17, 15) is 18.0 Å². The smallest absolute Gasteiger partial charge is 0.311 e. The fourth-order valence-corrected chi connectivity index (χ4v) is 10.9. The maximum Gasteiger partial charge on any atom is 0.311 e. The first-order valence-corrected chi connectivity index (χ1v) is 16.9. The average Bonchev–Trinajstić information content (AvgIpc) is 3.09. The van der Waals surface area contributed by atoms with Gasteiger partial charge in [-0.05, 0) is 75.2 Å². The van der Waals surface area contributed by atoms with Gasteiger partial charge in [-0.2, -0.15) is 0 Å². The van der Waals surface area contributed by atoms with Crippen LogP contribution in [0.4, 0.5) is 0 Å². The van der Waals surface area contributed by atoms with E-state index in [1.165, 1.54) is 7.11 Å². The molecule has 0 aromatic heterocycles. The summed E-state index contributed by atoms with van der Waals surface area (Å²) in [6.45, 7) is 14.4. The number of Topliss-reactive ketones (excluding diaryl/α,β-unsaturated/α-hetero) is 1. The minimum absolute atomic E-state index is 0.0773. The van der Waals surface area contributed by atoms with Gasteiger partial charge in [0.15, 0.2) is 23.9 Å². The lowest BCUT2D eigenvalue weighted by Crippen LogP contribution is -2.76. The predicted octanol–water partition coefficient (Wildman–Crippen LogP) is 5.32. The number of benzene rings is 1. The van der Waals surface area contributed by atoms with E-state index in [4.69, 9.17) is 9.16 Å². The molecule has 3 saturated carbocycles. The summed E-state index contributed by atoms with van der Waals surface area (Å²) < 4.78 is 39.3. The lowest BCUT2D eigenvalue weighted by Gasteiger charge is -2.66. The van der Waals surface area contributed by atoms with Crippen molar-refractivity contribution in [1.29, 1.82) is 0 Å². The fraction of sp³-hybridized carbons (Fsp3) is 0.704. The third-order valence-corrected chi connectivity index (χ3v) is 16.9. The van der Waals surface area contributed by atoms with Crippen molar-refractivity contribution in [3.05, 3.63) is 30.3 Å². The Balaban J connectivity index is 1.95. The second-order valence-electron chi connectivity index (χ2n) is 13.1. The summed E-state index contributed by atoms with van der Waals surface area (Å²) in [5, 5.41) is -0.142. The van der Waals surface area contributed by atoms with Crippen LogP contribution in [0, 0.1) is 16.7 Å². The maximum atomic E-state index is 14.9. The number of ether oxygens (including phenoxy) is 1. The highest BCUT2D eigenvalue weighted by Crippen LogP contribution is 2.70. The zero-order valence-corrected chi connectivity index (χ0v) is 24.2. The molecular formula is C27H40O6SSi. The molecule has 1 aromatic carbocycles. The highest BCUT2D eigenvalue weighted by atomic mass is 32.2. The number of fused-ring (bicyclic) bond motifs is 2. The number of rotatable bonds is 5. The van der Waals surface area contributed by atoms with Gasteiger partial charge < -0.3 is 9.16 Å². The lowest BCUT2D eigenvalue weighted by atomic mass is 9.47. The Morgan fingerprint density at radius 3 is 2.14 bits per heavy atom. The summed E-state index contributed by atoms with van der Waals surface area (Å²) in [7, 11) is -5.23. The predicted molar refractivity (Wildman–Crippen MR) is 137 cm³/mol. The summed E-state index contributed by atoms with van der Waals surface area (Å²) in [6, 6.07) is 8.22. The summed E-state index contributed by atoms with van der Waals surface area (Å²) in [5.41, 5.74) is -2.67. The van der Waals surface area contributed by atoms with E-state index < -0.39 is 51.2 Å². The van der Waals surface area contributed by atoms with E-state index in [0.717, 1.165) is 6.42 Å². The van der Waals surface area contributed by atoms with Gasteiger partial charge in [0, 0.05) is 5.41 Å². The van der Waals surface area contributed by atoms with Crippen LogP contribution in [0.2, 0.25) is 18.1 Å². The number of sulfone groups is 1. The summed E-state index contributed by atoms with van der Waals surface area (Å²) in [5.74, 6) is -1.28. The van der Waals surface area contributed by atoms with Crippen molar-refractivity contribution in [2.45, 2.75) is 100 Å². The Labute approximate surface area is 211 Å². The molecule has 1 aromatic rings. The van der Waals surface area contributed by atoms with Crippen molar-refractivity contribution < 1.29 is 27.2 Å². The number of carbonyl (C=O) groups is 2. The number of hydrogen-bond acceptors (Lipinski definition) is 6. The highest BCUT2D eigenvalue weighted by Gasteiger charge is 2.79. The number of carbonyl (C=O) groups excluding carboxylic acids is 2. The lowest BCUT2D eigenvalue weighted by molar-refractivity contribution is -0.193. The third-order valence-electron chi connectivity index (χ3n) is 9.91. The second kappa shape index (κ2) is 7.75. The van der Waals surface area contributed by atoms with Crippen LogP contribution in [0.1, 0.15) is 66.7 Å². The molecule has 6 nitrogen and oxygen atoms in total. The van der Waals surface area contributed by atoms with Crippen LogP contribution in [0.5, 0.6) is 0 Å². The van der Waals surface area contributed by atoms with E-state index in [1.807, 2.05) is 0 Å². The number of methoxy groups -OCH3 is 1. The van der Waals surface area contributed by atoms with Gasteiger partial charge in [-0.15, -0.1) is 0 Å². The first-order chi connectivity index (χ1) is 15.9. The second-order valence-corrected chi connectivity index (χ2v) is 20.1. The van der Waals surface area contributed by atoms with Gasteiger partial charge in [0.05, 0.1) is 17.4 Å². The Morgan fingerprint density at radius 1 is 1.06 bits per heavy atom. The Morgan fingerprint density at radius 2 is 1.66 bits per heavy atom. The van der Waals surface area contributed by atoms with Crippen LogP contribution < -0.4 is 0 Å². The summed E-state index contributed by atoms with van der Waals surface area (Å²) >= 11 is 0. The minimum Gasteiger partial charge on any atom is -0.469 e. The van der Waals surface area contributed by atoms with Gasteiger partial charge in [0.2, 0.25) is 0 Å². The molecule has 0 unspecified atom stereocenters. The van der Waals surface area contributed by atoms with Gasteiger partial charge in [-0.3, -0.25) is 9.59 Å². The Hall–Kier alpha value is -1.51. The van der Waals surface area contributed by atoms with Crippen molar-refractivity contribution in [2.75, 3.05) is 7.11 Å². The van der Waals surface area contributed by atoms with Gasteiger partial charge in [-0.1, -0.05) is 45.9 Å². The molecule has 8 heteroatoms. The van der Waals surface area contributed by atoms with E-state index >= 15 is 0 Å². The topological polar surface area (TPSA) is 86.7 Å². The van der Waals surface area contributed by atoms with Crippen LogP contribution in [-0.2, 0) is 28.6 Å². The maximum absolute atomic E-state index is 14.9. The van der Waals surface area contributed by atoms with Gasteiger partial charge >= 0.3 is 5.97 Å². The van der Waals surface area contributed by atoms with Crippen LogP contribution in [-0.4, -0.2) is 45.9 Å². The molecule has 194 valence electrons. The minimum atomic E-state index is -4.12. The Bertz CT molecular complexity index is 1160. The molecular weight excluding hydrogens is 480 g/mol. The first kappa shape index (κ1) is 26.5. The number of ketones is 1. The fourth-order valence-electron chi connectivity index (χ4n) is 6.78. The number of hydrogen-bond donors (Lipinski definition) is 0. The van der Waals surface area contributed by atoms with Crippen molar-refractivity contribution in [1.82, 2.24) is 0 Å².